The molecule has 0 radical (unpaired) electrons. The molecule has 0 unspecified atom stereocenters. The van der Waals surface area contributed by atoms with Crippen LogP contribution < -0.4 is 0 Å². The van der Waals surface area contributed by atoms with E-state index < -0.39 is 0 Å². The highest BCUT2D eigenvalue weighted by atomic mass is 79.9. The minimum Gasteiger partial charge on any atom is -0.241 e. The molecule has 0 bridgehead atoms. The molecule has 0 saturated heterocycles. The molecule has 1 aromatic heterocycles. The van der Waals surface area contributed by atoms with Crippen LogP contribution in [0.15, 0.2) is 28.7 Å². The van der Waals surface area contributed by atoms with E-state index in [2.05, 4.69) is 45.7 Å². The molecule has 0 amide bonds. The summed E-state index contributed by atoms with van der Waals surface area (Å²) in [6.45, 7) is 2.03. The number of benzene rings is 1. The van der Waals surface area contributed by atoms with Crippen molar-refractivity contribution >= 4 is 39.9 Å². The Morgan fingerprint density at radius 1 is 1.47 bits per heavy atom. The number of hydrogen-bond donors (Lipinski definition) is 1. The average Bonchev–Trinajstić information content (AvgIpc) is 2.60. The largest absolute Gasteiger partial charge is 0.241 e. The Bertz CT molecular complexity index is 479. The fourth-order valence-electron chi connectivity index (χ4n) is 1.32. The van der Waals surface area contributed by atoms with Crippen LogP contribution in [0.2, 0.25) is 0 Å². The first-order valence-electron chi connectivity index (χ1n) is 4.54. The minimum atomic E-state index is 0.761. The van der Waals surface area contributed by atoms with Crippen LogP contribution in [0.5, 0.6) is 0 Å². The third-order valence-electron chi connectivity index (χ3n) is 2.11. The quantitative estimate of drug-likeness (QED) is 0.815. The lowest BCUT2D eigenvalue weighted by Gasteiger charge is -1.95. The Morgan fingerprint density at radius 2 is 2.27 bits per heavy atom. The van der Waals surface area contributed by atoms with Gasteiger partial charge in [0.15, 0.2) is 0 Å². The highest BCUT2D eigenvalue weighted by Gasteiger charge is 2.07. The predicted molar refractivity (Wildman–Crippen MR) is 72.7 cm³/mol. The van der Waals surface area contributed by atoms with Crippen molar-refractivity contribution in [2.75, 3.05) is 0 Å². The van der Waals surface area contributed by atoms with Crippen molar-refractivity contribution in [3.05, 3.63) is 39.3 Å². The second-order valence-corrected chi connectivity index (χ2v) is 5.51. The molecule has 78 valence electrons. The first-order chi connectivity index (χ1) is 7.20. The fourth-order valence-corrected chi connectivity index (χ4v) is 3.06. The number of nitrogens with zero attached hydrogens (tertiary/aromatic N) is 1. The minimum absolute atomic E-state index is 0.761. The summed E-state index contributed by atoms with van der Waals surface area (Å²) in [5.74, 6) is 0.761. The molecule has 0 atom stereocenters. The van der Waals surface area contributed by atoms with Crippen LogP contribution in [-0.4, -0.2) is 4.98 Å². The van der Waals surface area contributed by atoms with Crippen molar-refractivity contribution in [3.8, 4) is 10.6 Å². The SMILES string of the molecule is Cc1nc(-c2cccc(Br)c2)sc1CS. The molecule has 0 aliphatic carbocycles. The molecule has 1 aromatic carbocycles. The monoisotopic (exact) mass is 299 g/mol. The van der Waals surface area contributed by atoms with Crippen molar-refractivity contribution in [1.29, 1.82) is 0 Å². The van der Waals surface area contributed by atoms with Crippen LogP contribution in [0.4, 0.5) is 0 Å². The lowest BCUT2D eigenvalue weighted by atomic mass is 10.2. The number of aromatic nitrogens is 1. The zero-order valence-electron chi connectivity index (χ0n) is 8.20. The molecule has 0 saturated carbocycles. The summed E-state index contributed by atoms with van der Waals surface area (Å²) >= 11 is 9.46. The van der Waals surface area contributed by atoms with Crippen molar-refractivity contribution in [2.45, 2.75) is 12.7 Å². The highest BCUT2D eigenvalue weighted by molar-refractivity contribution is 9.10. The molecular formula is C11H10BrNS2. The highest BCUT2D eigenvalue weighted by Crippen LogP contribution is 2.30. The van der Waals surface area contributed by atoms with E-state index in [1.54, 1.807) is 11.3 Å². The van der Waals surface area contributed by atoms with E-state index in [0.29, 0.717) is 0 Å². The van der Waals surface area contributed by atoms with Crippen LogP contribution in [0.25, 0.3) is 10.6 Å². The number of hydrogen-bond acceptors (Lipinski definition) is 3. The van der Waals surface area contributed by atoms with Gasteiger partial charge >= 0.3 is 0 Å². The third kappa shape index (κ3) is 2.44. The van der Waals surface area contributed by atoms with Crippen LogP contribution in [-0.2, 0) is 5.75 Å². The zero-order chi connectivity index (χ0) is 10.8. The summed E-state index contributed by atoms with van der Waals surface area (Å²) < 4.78 is 1.08. The molecule has 1 nitrogen and oxygen atoms in total. The van der Waals surface area contributed by atoms with E-state index in [1.165, 1.54) is 4.88 Å². The van der Waals surface area contributed by atoms with Gasteiger partial charge in [0.05, 0.1) is 5.69 Å². The van der Waals surface area contributed by atoms with E-state index in [-0.39, 0.29) is 0 Å². The van der Waals surface area contributed by atoms with E-state index in [9.17, 15) is 0 Å². The smallest absolute Gasteiger partial charge is 0.123 e. The van der Waals surface area contributed by atoms with Gasteiger partial charge in [0.25, 0.3) is 0 Å². The second kappa shape index (κ2) is 4.68. The van der Waals surface area contributed by atoms with Crippen LogP contribution in [0, 0.1) is 6.92 Å². The summed E-state index contributed by atoms with van der Waals surface area (Å²) in [6, 6.07) is 8.20. The van der Waals surface area contributed by atoms with Crippen LogP contribution in [0.3, 0.4) is 0 Å². The topological polar surface area (TPSA) is 12.9 Å². The van der Waals surface area contributed by atoms with E-state index >= 15 is 0 Å². The van der Waals surface area contributed by atoms with Gasteiger partial charge in [-0.05, 0) is 19.1 Å². The van der Waals surface area contributed by atoms with Crippen LogP contribution in [0.1, 0.15) is 10.6 Å². The van der Waals surface area contributed by atoms with Gasteiger partial charge in [0, 0.05) is 20.7 Å². The molecule has 2 rings (SSSR count). The van der Waals surface area contributed by atoms with Gasteiger partial charge in [0.2, 0.25) is 0 Å². The zero-order valence-corrected chi connectivity index (χ0v) is 11.5. The predicted octanol–water partition coefficient (Wildman–Crippen LogP) is 4.31. The molecule has 0 spiro atoms. The fraction of sp³-hybridized carbons (Fsp3) is 0.182. The molecule has 2 aromatic rings. The molecule has 0 N–H and O–H groups in total. The third-order valence-corrected chi connectivity index (χ3v) is 4.34. The first kappa shape index (κ1) is 11.2. The van der Waals surface area contributed by atoms with Gasteiger partial charge in [-0.15, -0.1) is 11.3 Å². The van der Waals surface area contributed by atoms with Gasteiger partial charge < -0.3 is 0 Å². The van der Waals surface area contributed by atoms with Gasteiger partial charge in [0.1, 0.15) is 5.01 Å². The molecule has 0 fully saturated rings. The summed E-state index contributed by atoms with van der Waals surface area (Å²) in [5.41, 5.74) is 2.25. The first-order valence-corrected chi connectivity index (χ1v) is 6.78. The lowest BCUT2D eigenvalue weighted by Crippen LogP contribution is -1.78. The van der Waals surface area contributed by atoms with Gasteiger partial charge in [-0.25, -0.2) is 4.98 Å². The molecule has 0 aliphatic heterocycles. The number of halogens is 1. The van der Waals surface area contributed by atoms with E-state index in [0.717, 1.165) is 26.5 Å². The van der Waals surface area contributed by atoms with Crippen molar-refractivity contribution < 1.29 is 0 Å². The number of thiazole rings is 1. The average molecular weight is 300 g/mol. The van der Waals surface area contributed by atoms with Crippen molar-refractivity contribution in [2.24, 2.45) is 0 Å². The molecular weight excluding hydrogens is 290 g/mol. The Kier molecular flexibility index (Phi) is 3.49. The van der Waals surface area contributed by atoms with Gasteiger partial charge in [-0.1, -0.05) is 28.1 Å². The second-order valence-electron chi connectivity index (χ2n) is 3.20. The lowest BCUT2D eigenvalue weighted by molar-refractivity contribution is 1.22. The summed E-state index contributed by atoms with van der Waals surface area (Å²) in [7, 11) is 0. The summed E-state index contributed by atoms with van der Waals surface area (Å²) in [6.07, 6.45) is 0. The Labute approximate surface area is 107 Å². The summed E-state index contributed by atoms with van der Waals surface area (Å²) in [4.78, 5) is 5.79. The Balaban J connectivity index is 2.45. The van der Waals surface area contributed by atoms with Crippen LogP contribution >= 0.6 is 39.9 Å². The van der Waals surface area contributed by atoms with Crippen molar-refractivity contribution in [1.82, 2.24) is 4.98 Å². The molecule has 15 heavy (non-hydrogen) atoms. The number of aryl methyl sites for hydroxylation is 1. The van der Waals surface area contributed by atoms with E-state index in [4.69, 9.17) is 0 Å². The molecule has 1 heterocycles. The Hall–Kier alpha value is -0.320. The maximum Gasteiger partial charge on any atom is 0.123 e. The van der Waals surface area contributed by atoms with Crippen molar-refractivity contribution in [3.63, 3.8) is 0 Å². The number of rotatable bonds is 2. The molecule has 0 aliphatic rings. The Morgan fingerprint density at radius 3 is 2.87 bits per heavy atom. The van der Waals surface area contributed by atoms with E-state index in [1.807, 2.05) is 19.1 Å². The molecule has 4 heteroatoms. The number of thiol groups is 1. The normalized spacial score (nSPS) is 10.6. The summed E-state index contributed by atoms with van der Waals surface area (Å²) in [5, 5.41) is 1.07. The van der Waals surface area contributed by atoms with Gasteiger partial charge in [-0.2, -0.15) is 12.6 Å². The van der Waals surface area contributed by atoms with Gasteiger partial charge in [-0.3, -0.25) is 0 Å². The maximum absolute atomic E-state index is 4.54. The standard InChI is InChI=1S/C11H10BrNS2/c1-7-10(6-14)15-11(13-7)8-3-2-4-9(12)5-8/h2-5,14H,6H2,1H3. The maximum atomic E-state index is 4.54.